The number of carbonyl (C=O) groups is 1. The number of carbonyl (C=O) groups excluding carboxylic acids is 1. The minimum Gasteiger partial charge on any atom is -0.351 e. The number of nitrogens with one attached hydrogen (secondary N) is 1. The number of hydrogen-bond acceptors (Lipinski definition) is 2. The maximum Gasteiger partial charge on any atom is 0.220 e. The number of thiophene rings is 1. The van der Waals surface area contributed by atoms with Gasteiger partial charge in [-0.1, -0.05) is 6.92 Å². The Hall–Kier alpha value is -0.830. The van der Waals surface area contributed by atoms with Crippen LogP contribution in [0.3, 0.4) is 0 Å². The van der Waals surface area contributed by atoms with E-state index in [1.807, 2.05) is 6.92 Å². The van der Waals surface area contributed by atoms with E-state index in [4.69, 9.17) is 0 Å². The predicted octanol–water partition coefficient (Wildman–Crippen LogP) is 2.78. The summed E-state index contributed by atoms with van der Waals surface area (Å²) in [6.45, 7) is 6.90. The maximum atomic E-state index is 11.2. The van der Waals surface area contributed by atoms with Gasteiger partial charge in [-0.05, 0) is 31.9 Å². The highest BCUT2D eigenvalue weighted by Crippen LogP contribution is 2.20. The molecular weight excluding hydrogens is 194 g/mol. The monoisotopic (exact) mass is 211 g/mol. The normalized spacial score (nSPS) is 10.2. The summed E-state index contributed by atoms with van der Waals surface area (Å²) < 4.78 is 0. The minimum absolute atomic E-state index is 0.149. The lowest BCUT2D eigenvalue weighted by Gasteiger charge is -2.00. The van der Waals surface area contributed by atoms with Gasteiger partial charge in [0.25, 0.3) is 0 Å². The second-order valence-electron chi connectivity index (χ2n) is 3.48. The molecule has 3 heteroatoms. The third-order valence-electron chi connectivity index (χ3n) is 2.15. The van der Waals surface area contributed by atoms with E-state index >= 15 is 0 Å². The first-order chi connectivity index (χ1) is 6.63. The molecule has 0 atom stereocenters. The van der Waals surface area contributed by atoms with Crippen LogP contribution in [-0.4, -0.2) is 5.91 Å². The van der Waals surface area contributed by atoms with Gasteiger partial charge in [0.15, 0.2) is 0 Å². The van der Waals surface area contributed by atoms with Crippen molar-refractivity contribution in [2.45, 2.75) is 40.2 Å². The van der Waals surface area contributed by atoms with E-state index < -0.39 is 0 Å². The number of rotatable bonds is 4. The van der Waals surface area contributed by atoms with Gasteiger partial charge in [0, 0.05) is 16.2 Å². The number of aryl methyl sites for hydroxylation is 2. The molecule has 1 heterocycles. The second kappa shape index (κ2) is 5.15. The van der Waals surface area contributed by atoms with E-state index in [9.17, 15) is 4.79 Å². The van der Waals surface area contributed by atoms with Crippen molar-refractivity contribution < 1.29 is 4.79 Å². The van der Waals surface area contributed by atoms with Crippen LogP contribution in [0, 0.1) is 13.8 Å². The van der Waals surface area contributed by atoms with Crippen LogP contribution in [0.15, 0.2) is 6.07 Å². The molecule has 0 spiro atoms. The average Bonchev–Trinajstić information content (AvgIpc) is 2.44. The van der Waals surface area contributed by atoms with Crippen LogP contribution in [-0.2, 0) is 11.3 Å². The summed E-state index contributed by atoms with van der Waals surface area (Å²) >= 11 is 1.76. The van der Waals surface area contributed by atoms with Crippen LogP contribution in [0.2, 0.25) is 0 Å². The maximum absolute atomic E-state index is 11.2. The van der Waals surface area contributed by atoms with Crippen molar-refractivity contribution in [3.05, 3.63) is 21.4 Å². The summed E-state index contributed by atoms with van der Waals surface area (Å²) in [4.78, 5) is 13.8. The lowest BCUT2D eigenvalue weighted by atomic mass is 10.3. The van der Waals surface area contributed by atoms with E-state index in [0.717, 1.165) is 6.42 Å². The van der Waals surface area contributed by atoms with E-state index in [1.54, 1.807) is 11.3 Å². The zero-order valence-corrected chi connectivity index (χ0v) is 9.83. The summed E-state index contributed by atoms with van der Waals surface area (Å²) in [5, 5.41) is 2.91. The summed E-state index contributed by atoms with van der Waals surface area (Å²) in [6.07, 6.45) is 1.54. The molecular formula is C11H17NOS. The third-order valence-corrected chi connectivity index (χ3v) is 3.31. The quantitative estimate of drug-likeness (QED) is 0.815. The van der Waals surface area contributed by atoms with E-state index in [1.165, 1.54) is 15.3 Å². The fraction of sp³-hybridized carbons (Fsp3) is 0.545. The highest BCUT2D eigenvalue weighted by Gasteiger charge is 2.03. The van der Waals surface area contributed by atoms with Gasteiger partial charge in [-0.15, -0.1) is 11.3 Å². The Balaban J connectivity index is 2.42. The zero-order valence-electron chi connectivity index (χ0n) is 9.02. The smallest absolute Gasteiger partial charge is 0.220 e. The van der Waals surface area contributed by atoms with Crippen LogP contribution >= 0.6 is 11.3 Å². The molecule has 0 saturated carbocycles. The first kappa shape index (κ1) is 11.2. The molecule has 0 aliphatic heterocycles. The Labute approximate surface area is 89.3 Å². The molecule has 78 valence electrons. The van der Waals surface area contributed by atoms with E-state index in [2.05, 4.69) is 25.2 Å². The van der Waals surface area contributed by atoms with Crippen molar-refractivity contribution in [2.24, 2.45) is 0 Å². The van der Waals surface area contributed by atoms with Gasteiger partial charge < -0.3 is 5.32 Å². The van der Waals surface area contributed by atoms with Crippen molar-refractivity contribution in [3.8, 4) is 0 Å². The lowest BCUT2D eigenvalue weighted by molar-refractivity contribution is -0.121. The fourth-order valence-electron chi connectivity index (χ4n) is 1.24. The molecule has 0 radical (unpaired) electrons. The van der Waals surface area contributed by atoms with Gasteiger partial charge in [-0.3, -0.25) is 4.79 Å². The summed E-state index contributed by atoms with van der Waals surface area (Å²) in [6, 6.07) is 2.15. The van der Waals surface area contributed by atoms with Crippen molar-refractivity contribution in [1.29, 1.82) is 0 Å². The molecule has 1 N–H and O–H groups in total. The molecule has 1 aromatic rings. The number of hydrogen-bond donors (Lipinski definition) is 1. The molecule has 1 aromatic heterocycles. The highest BCUT2D eigenvalue weighted by molar-refractivity contribution is 7.12. The van der Waals surface area contributed by atoms with E-state index in [-0.39, 0.29) is 5.91 Å². The molecule has 0 saturated heterocycles. The van der Waals surface area contributed by atoms with E-state index in [0.29, 0.717) is 13.0 Å². The molecule has 2 nitrogen and oxygen atoms in total. The minimum atomic E-state index is 0.149. The molecule has 0 aliphatic carbocycles. The average molecular weight is 211 g/mol. The first-order valence-corrected chi connectivity index (χ1v) is 5.77. The van der Waals surface area contributed by atoms with Crippen LogP contribution < -0.4 is 5.32 Å². The van der Waals surface area contributed by atoms with Gasteiger partial charge in [0.1, 0.15) is 0 Å². The Kier molecular flexibility index (Phi) is 4.14. The standard InChI is InChI=1S/C11H17NOS/c1-4-5-11(13)12-7-10-6-8(2)9(3)14-10/h6H,4-5,7H2,1-3H3,(H,12,13). The van der Waals surface area contributed by atoms with Crippen LogP contribution in [0.25, 0.3) is 0 Å². The SMILES string of the molecule is CCCC(=O)NCc1cc(C)c(C)s1. The first-order valence-electron chi connectivity index (χ1n) is 4.96. The van der Waals surface area contributed by atoms with Crippen molar-refractivity contribution in [2.75, 3.05) is 0 Å². The second-order valence-corrected chi connectivity index (χ2v) is 4.82. The molecule has 1 amide bonds. The largest absolute Gasteiger partial charge is 0.351 e. The van der Waals surface area contributed by atoms with Gasteiger partial charge in [-0.2, -0.15) is 0 Å². The molecule has 1 rings (SSSR count). The summed E-state index contributed by atoms with van der Waals surface area (Å²) in [7, 11) is 0. The van der Waals surface area contributed by atoms with Crippen LogP contribution in [0.4, 0.5) is 0 Å². The number of amides is 1. The molecule has 0 aromatic carbocycles. The van der Waals surface area contributed by atoms with Gasteiger partial charge in [0.05, 0.1) is 6.54 Å². The zero-order chi connectivity index (χ0) is 10.6. The molecule has 14 heavy (non-hydrogen) atoms. The Morgan fingerprint density at radius 2 is 2.21 bits per heavy atom. The van der Waals surface area contributed by atoms with Crippen molar-refractivity contribution in [1.82, 2.24) is 5.32 Å². The van der Waals surface area contributed by atoms with Gasteiger partial charge >= 0.3 is 0 Å². The third kappa shape index (κ3) is 3.14. The van der Waals surface area contributed by atoms with Gasteiger partial charge in [-0.25, -0.2) is 0 Å². The Morgan fingerprint density at radius 3 is 2.71 bits per heavy atom. The Morgan fingerprint density at radius 1 is 1.50 bits per heavy atom. The fourth-order valence-corrected chi connectivity index (χ4v) is 2.23. The predicted molar refractivity (Wildman–Crippen MR) is 60.5 cm³/mol. The lowest BCUT2D eigenvalue weighted by Crippen LogP contribution is -2.21. The Bertz CT molecular complexity index is 298. The van der Waals surface area contributed by atoms with Crippen LogP contribution in [0.5, 0.6) is 0 Å². The van der Waals surface area contributed by atoms with Crippen LogP contribution in [0.1, 0.15) is 35.1 Å². The van der Waals surface area contributed by atoms with Gasteiger partial charge in [0.2, 0.25) is 5.91 Å². The highest BCUT2D eigenvalue weighted by atomic mass is 32.1. The molecule has 0 bridgehead atoms. The molecule has 0 fully saturated rings. The summed E-state index contributed by atoms with van der Waals surface area (Å²) in [5.41, 5.74) is 1.31. The molecule has 0 unspecified atom stereocenters. The van der Waals surface area contributed by atoms with Crippen molar-refractivity contribution in [3.63, 3.8) is 0 Å². The topological polar surface area (TPSA) is 29.1 Å². The summed E-state index contributed by atoms with van der Waals surface area (Å²) in [5.74, 6) is 0.149. The van der Waals surface area contributed by atoms with Crippen molar-refractivity contribution >= 4 is 17.2 Å². The molecule has 0 aliphatic rings.